The van der Waals surface area contributed by atoms with Crippen molar-refractivity contribution in [3.63, 3.8) is 0 Å². The van der Waals surface area contributed by atoms with Crippen LogP contribution >= 0.6 is 0 Å². The summed E-state index contributed by atoms with van der Waals surface area (Å²) in [5.41, 5.74) is 0. The standard InChI is InChI=1S/C6H15NO4S/c1-5(2)11-6(8)4-7-12(3,9)10/h5-8H,4H2,1-3H3/t6-/m0/s1. The SMILES string of the molecule is CC(C)O[C@H](O)CNS(C)(=O)=O. The minimum Gasteiger partial charge on any atom is -0.367 e. The number of rotatable bonds is 5. The van der Waals surface area contributed by atoms with Crippen molar-refractivity contribution in [2.24, 2.45) is 0 Å². The minimum atomic E-state index is -3.24. The summed E-state index contributed by atoms with van der Waals surface area (Å²) in [6.07, 6.45) is -0.184. The first kappa shape index (κ1) is 11.8. The molecule has 0 heterocycles. The van der Waals surface area contributed by atoms with E-state index in [0.29, 0.717) is 0 Å². The van der Waals surface area contributed by atoms with E-state index in [9.17, 15) is 8.42 Å². The molecule has 74 valence electrons. The van der Waals surface area contributed by atoms with Gasteiger partial charge in [0.05, 0.1) is 18.9 Å². The van der Waals surface area contributed by atoms with Gasteiger partial charge in [-0.25, -0.2) is 13.1 Å². The van der Waals surface area contributed by atoms with Crippen molar-refractivity contribution in [1.29, 1.82) is 0 Å². The van der Waals surface area contributed by atoms with Gasteiger partial charge in [0.1, 0.15) is 0 Å². The van der Waals surface area contributed by atoms with Crippen molar-refractivity contribution in [2.45, 2.75) is 26.2 Å². The van der Waals surface area contributed by atoms with E-state index in [4.69, 9.17) is 9.84 Å². The Morgan fingerprint density at radius 3 is 2.33 bits per heavy atom. The lowest BCUT2D eigenvalue weighted by molar-refractivity contribution is -0.119. The van der Waals surface area contributed by atoms with E-state index in [1.807, 2.05) is 0 Å². The summed E-state index contributed by atoms with van der Waals surface area (Å²) in [5, 5.41) is 9.03. The Kier molecular flexibility index (Phi) is 4.69. The molecule has 0 bridgehead atoms. The summed E-state index contributed by atoms with van der Waals surface area (Å²) in [6, 6.07) is 0. The Morgan fingerprint density at radius 2 is 2.00 bits per heavy atom. The van der Waals surface area contributed by atoms with Crippen molar-refractivity contribution < 1.29 is 18.3 Å². The van der Waals surface area contributed by atoms with Crippen LogP contribution in [-0.4, -0.2) is 38.7 Å². The molecule has 6 heteroatoms. The molecular formula is C6H15NO4S. The van der Waals surface area contributed by atoms with Crippen LogP contribution in [-0.2, 0) is 14.8 Å². The van der Waals surface area contributed by atoms with Gasteiger partial charge in [0.2, 0.25) is 10.0 Å². The van der Waals surface area contributed by atoms with Gasteiger partial charge in [-0.15, -0.1) is 0 Å². The zero-order valence-electron chi connectivity index (χ0n) is 7.44. The van der Waals surface area contributed by atoms with Crippen molar-refractivity contribution >= 4 is 10.0 Å². The van der Waals surface area contributed by atoms with Gasteiger partial charge in [0, 0.05) is 0 Å². The zero-order chi connectivity index (χ0) is 9.78. The van der Waals surface area contributed by atoms with E-state index in [1.54, 1.807) is 13.8 Å². The van der Waals surface area contributed by atoms with Gasteiger partial charge in [-0.2, -0.15) is 0 Å². The van der Waals surface area contributed by atoms with Crippen molar-refractivity contribution in [1.82, 2.24) is 4.72 Å². The predicted octanol–water partition coefficient (Wildman–Crippen LogP) is -0.721. The second-order valence-electron chi connectivity index (χ2n) is 2.76. The number of hydrogen-bond acceptors (Lipinski definition) is 4. The summed E-state index contributed by atoms with van der Waals surface area (Å²) in [6.45, 7) is 3.39. The molecule has 0 aliphatic heterocycles. The van der Waals surface area contributed by atoms with E-state index in [-0.39, 0.29) is 12.6 Å². The number of aliphatic hydroxyl groups is 1. The number of ether oxygens (including phenoxy) is 1. The maximum absolute atomic E-state index is 10.5. The largest absolute Gasteiger partial charge is 0.367 e. The third kappa shape index (κ3) is 7.93. The van der Waals surface area contributed by atoms with E-state index < -0.39 is 16.3 Å². The Balaban J connectivity index is 3.65. The summed E-state index contributed by atoms with van der Waals surface area (Å²) >= 11 is 0. The number of sulfonamides is 1. The Labute approximate surface area is 72.8 Å². The van der Waals surface area contributed by atoms with Gasteiger partial charge in [-0.05, 0) is 13.8 Å². The highest BCUT2D eigenvalue weighted by Crippen LogP contribution is 1.93. The maximum atomic E-state index is 10.5. The average molecular weight is 197 g/mol. The van der Waals surface area contributed by atoms with Crippen LogP contribution in [0.5, 0.6) is 0 Å². The fourth-order valence-corrected chi connectivity index (χ4v) is 1.03. The summed E-state index contributed by atoms with van der Waals surface area (Å²) in [7, 11) is -3.24. The smallest absolute Gasteiger partial charge is 0.208 e. The second kappa shape index (κ2) is 4.76. The quantitative estimate of drug-likeness (QED) is 0.570. The Bertz CT molecular complexity index is 212. The number of hydrogen-bond donors (Lipinski definition) is 2. The molecule has 0 saturated heterocycles. The van der Waals surface area contributed by atoms with Gasteiger partial charge in [-0.1, -0.05) is 0 Å². The molecule has 12 heavy (non-hydrogen) atoms. The van der Waals surface area contributed by atoms with Crippen LogP contribution in [0.3, 0.4) is 0 Å². The summed E-state index contributed by atoms with van der Waals surface area (Å²) in [4.78, 5) is 0. The highest BCUT2D eigenvalue weighted by atomic mass is 32.2. The minimum absolute atomic E-state index is 0.114. The monoisotopic (exact) mass is 197 g/mol. The van der Waals surface area contributed by atoms with Crippen LogP contribution in [0.25, 0.3) is 0 Å². The molecule has 0 fully saturated rings. The topological polar surface area (TPSA) is 75.6 Å². The Morgan fingerprint density at radius 1 is 1.50 bits per heavy atom. The zero-order valence-corrected chi connectivity index (χ0v) is 8.26. The van der Waals surface area contributed by atoms with Crippen molar-refractivity contribution in [2.75, 3.05) is 12.8 Å². The third-order valence-corrected chi connectivity index (χ3v) is 1.64. The molecule has 0 aromatic rings. The van der Waals surface area contributed by atoms with E-state index in [2.05, 4.69) is 4.72 Å². The van der Waals surface area contributed by atoms with E-state index in [0.717, 1.165) is 6.26 Å². The van der Waals surface area contributed by atoms with E-state index >= 15 is 0 Å². The first-order chi connectivity index (χ1) is 5.31. The molecule has 2 N–H and O–H groups in total. The highest BCUT2D eigenvalue weighted by Gasteiger charge is 2.08. The average Bonchev–Trinajstić information content (AvgIpc) is 1.80. The van der Waals surface area contributed by atoms with Crippen LogP contribution in [0, 0.1) is 0 Å². The molecule has 0 aromatic heterocycles. The molecule has 0 aliphatic carbocycles. The third-order valence-electron chi connectivity index (χ3n) is 0.949. The summed E-state index contributed by atoms with van der Waals surface area (Å²) < 4.78 is 28.1. The highest BCUT2D eigenvalue weighted by molar-refractivity contribution is 7.88. The molecule has 0 aromatic carbocycles. The summed E-state index contributed by atoms with van der Waals surface area (Å²) in [5.74, 6) is 0. The van der Waals surface area contributed by atoms with Crippen LogP contribution in [0.2, 0.25) is 0 Å². The number of aliphatic hydroxyl groups excluding tert-OH is 1. The fraction of sp³-hybridized carbons (Fsp3) is 1.00. The second-order valence-corrected chi connectivity index (χ2v) is 4.59. The van der Waals surface area contributed by atoms with Gasteiger partial charge in [0.25, 0.3) is 0 Å². The normalized spacial score (nSPS) is 15.1. The van der Waals surface area contributed by atoms with Crippen molar-refractivity contribution in [3.8, 4) is 0 Å². The lowest BCUT2D eigenvalue weighted by Crippen LogP contribution is -2.34. The van der Waals surface area contributed by atoms with Crippen LogP contribution < -0.4 is 4.72 Å². The van der Waals surface area contributed by atoms with Crippen LogP contribution in [0.15, 0.2) is 0 Å². The lowest BCUT2D eigenvalue weighted by atomic mass is 10.5. The van der Waals surface area contributed by atoms with Gasteiger partial charge in [0.15, 0.2) is 6.29 Å². The molecule has 0 unspecified atom stereocenters. The van der Waals surface area contributed by atoms with Gasteiger partial charge in [-0.3, -0.25) is 0 Å². The maximum Gasteiger partial charge on any atom is 0.208 e. The van der Waals surface area contributed by atoms with Gasteiger partial charge < -0.3 is 9.84 Å². The first-order valence-electron chi connectivity index (χ1n) is 3.59. The van der Waals surface area contributed by atoms with Gasteiger partial charge >= 0.3 is 0 Å². The molecule has 0 rings (SSSR count). The molecule has 0 amide bonds. The Hall–Kier alpha value is -0.170. The molecule has 5 nitrogen and oxygen atoms in total. The molecule has 0 spiro atoms. The van der Waals surface area contributed by atoms with Crippen molar-refractivity contribution in [3.05, 3.63) is 0 Å². The van der Waals surface area contributed by atoms with Crippen LogP contribution in [0.4, 0.5) is 0 Å². The molecule has 0 aliphatic rings. The van der Waals surface area contributed by atoms with E-state index in [1.165, 1.54) is 0 Å². The first-order valence-corrected chi connectivity index (χ1v) is 5.48. The molecule has 0 saturated carbocycles. The predicted molar refractivity (Wildman–Crippen MR) is 45.1 cm³/mol. The number of nitrogens with one attached hydrogen (secondary N) is 1. The lowest BCUT2D eigenvalue weighted by Gasteiger charge is -2.14. The van der Waals surface area contributed by atoms with Crippen LogP contribution in [0.1, 0.15) is 13.8 Å². The molecule has 0 radical (unpaired) electrons. The fourth-order valence-electron chi connectivity index (χ4n) is 0.585. The molecule has 1 atom stereocenters. The molecular weight excluding hydrogens is 182 g/mol.